The van der Waals surface area contributed by atoms with Crippen LogP contribution in [-0.4, -0.2) is 23.4 Å². The minimum absolute atomic E-state index is 0.405. The second kappa shape index (κ2) is 7.70. The maximum atomic E-state index is 6.06. The zero-order valence-electron chi connectivity index (χ0n) is 10.3. The number of benzene rings is 1. The van der Waals surface area contributed by atoms with E-state index >= 15 is 0 Å². The molecule has 2 heteroatoms. The van der Waals surface area contributed by atoms with Crippen molar-refractivity contribution in [3.63, 3.8) is 0 Å². The minimum Gasteiger partial charge on any atom is -0.299 e. The summed E-state index contributed by atoms with van der Waals surface area (Å²) in [6.45, 7) is 7.36. The number of halogens is 1. The van der Waals surface area contributed by atoms with Crippen LogP contribution in [-0.2, 0) is 6.54 Å². The molecule has 0 N–H and O–H groups in total. The zero-order valence-corrected chi connectivity index (χ0v) is 11.1. The van der Waals surface area contributed by atoms with E-state index in [0.29, 0.717) is 5.38 Å². The first-order valence-electron chi connectivity index (χ1n) is 6.25. The molecule has 0 unspecified atom stereocenters. The van der Waals surface area contributed by atoms with E-state index in [2.05, 4.69) is 35.2 Å². The predicted molar refractivity (Wildman–Crippen MR) is 71.9 cm³/mol. The highest BCUT2D eigenvalue weighted by molar-refractivity contribution is 6.20. The van der Waals surface area contributed by atoms with Crippen LogP contribution in [0.5, 0.6) is 0 Å². The fourth-order valence-electron chi connectivity index (χ4n) is 1.90. The molecule has 0 amide bonds. The van der Waals surface area contributed by atoms with E-state index in [1.54, 1.807) is 0 Å². The average molecular weight is 240 g/mol. The Balaban J connectivity index is 0.000000606. The Morgan fingerprint density at radius 2 is 1.69 bits per heavy atom. The molecular weight excluding hydrogens is 218 g/mol. The van der Waals surface area contributed by atoms with Gasteiger partial charge in [0.2, 0.25) is 0 Å². The summed E-state index contributed by atoms with van der Waals surface area (Å²) >= 11 is 6.06. The molecule has 0 spiro atoms. The van der Waals surface area contributed by atoms with Crippen LogP contribution >= 0.6 is 11.6 Å². The van der Waals surface area contributed by atoms with Crippen LogP contribution in [0.15, 0.2) is 30.3 Å². The van der Waals surface area contributed by atoms with Crippen molar-refractivity contribution in [3.8, 4) is 0 Å². The van der Waals surface area contributed by atoms with E-state index in [4.69, 9.17) is 11.6 Å². The molecule has 1 heterocycles. The van der Waals surface area contributed by atoms with E-state index in [-0.39, 0.29) is 0 Å². The van der Waals surface area contributed by atoms with Crippen LogP contribution in [0.1, 0.15) is 32.3 Å². The van der Waals surface area contributed by atoms with Gasteiger partial charge in [0.25, 0.3) is 0 Å². The van der Waals surface area contributed by atoms with Gasteiger partial charge in [0, 0.05) is 11.9 Å². The van der Waals surface area contributed by atoms with Crippen molar-refractivity contribution in [2.45, 2.75) is 38.6 Å². The van der Waals surface area contributed by atoms with Crippen LogP contribution in [0, 0.1) is 0 Å². The van der Waals surface area contributed by atoms with Gasteiger partial charge in [-0.1, -0.05) is 44.2 Å². The Morgan fingerprint density at radius 1 is 1.12 bits per heavy atom. The zero-order chi connectivity index (χ0) is 11.8. The molecule has 0 bridgehead atoms. The van der Waals surface area contributed by atoms with Gasteiger partial charge in [-0.25, -0.2) is 0 Å². The number of hydrogen-bond acceptors (Lipinski definition) is 1. The highest BCUT2D eigenvalue weighted by Crippen LogP contribution is 2.17. The van der Waals surface area contributed by atoms with Crippen molar-refractivity contribution < 1.29 is 0 Å². The smallest absolute Gasteiger partial charge is 0.0360 e. The monoisotopic (exact) mass is 239 g/mol. The van der Waals surface area contributed by atoms with Crippen LogP contribution in [0.25, 0.3) is 0 Å². The van der Waals surface area contributed by atoms with Gasteiger partial charge in [0.15, 0.2) is 0 Å². The summed E-state index contributed by atoms with van der Waals surface area (Å²) in [6, 6.07) is 10.6. The summed E-state index contributed by atoms with van der Waals surface area (Å²) in [5.74, 6) is 0. The lowest BCUT2D eigenvalue weighted by molar-refractivity contribution is 0.223. The van der Waals surface area contributed by atoms with Crippen molar-refractivity contribution in [2.24, 2.45) is 0 Å². The number of alkyl halides is 1. The van der Waals surface area contributed by atoms with Crippen molar-refractivity contribution in [1.29, 1.82) is 0 Å². The summed E-state index contributed by atoms with van der Waals surface area (Å²) in [5, 5.41) is 0.405. The normalized spacial score (nSPS) is 17.7. The van der Waals surface area contributed by atoms with Gasteiger partial charge < -0.3 is 0 Å². The van der Waals surface area contributed by atoms with E-state index in [1.807, 2.05) is 13.8 Å². The van der Waals surface area contributed by atoms with Crippen LogP contribution in [0.3, 0.4) is 0 Å². The van der Waals surface area contributed by atoms with E-state index in [9.17, 15) is 0 Å². The first-order valence-corrected chi connectivity index (χ1v) is 6.68. The molecule has 1 saturated heterocycles. The lowest BCUT2D eigenvalue weighted by atomic mass is 10.1. The number of rotatable bonds is 2. The number of piperidine rings is 1. The van der Waals surface area contributed by atoms with Crippen LogP contribution in [0.4, 0.5) is 0 Å². The Labute approximate surface area is 104 Å². The molecule has 1 fully saturated rings. The summed E-state index contributed by atoms with van der Waals surface area (Å²) in [5.41, 5.74) is 1.40. The molecule has 0 aliphatic carbocycles. The van der Waals surface area contributed by atoms with Gasteiger partial charge in [0.05, 0.1) is 0 Å². The third kappa shape index (κ3) is 4.54. The summed E-state index contributed by atoms with van der Waals surface area (Å²) in [7, 11) is 0. The number of likely N-dealkylation sites (tertiary alicyclic amines) is 1. The summed E-state index contributed by atoms with van der Waals surface area (Å²) in [4.78, 5) is 2.48. The number of hydrogen-bond donors (Lipinski definition) is 0. The molecule has 1 aliphatic heterocycles. The molecule has 0 aromatic heterocycles. The molecule has 1 aromatic carbocycles. The fraction of sp³-hybridized carbons (Fsp3) is 0.571. The first kappa shape index (κ1) is 13.5. The van der Waals surface area contributed by atoms with Crippen LogP contribution in [0.2, 0.25) is 0 Å². The first-order chi connectivity index (χ1) is 7.84. The van der Waals surface area contributed by atoms with Gasteiger partial charge in [-0.15, -0.1) is 11.6 Å². The molecule has 0 saturated carbocycles. The van der Waals surface area contributed by atoms with E-state index < -0.39 is 0 Å². The SMILES string of the molecule is CC.ClC1CCN(Cc2ccccc2)CC1. The second-order valence-electron chi connectivity index (χ2n) is 3.94. The van der Waals surface area contributed by atoms with Gasteiger partial charge in [0.1, 0.15) is 0 Å². The molecular formula is C14H22ClN. The fourth-order valence-corrected chi connectivity index (χ4v) is 2.10. The average Bonchev–Trinajstić information content (AvgIpc) is 2.36. The van der Waals surface area contributed by atoms with Crippen molar-refractivity contribution >= 4 is 11.6 Å². The molecule has 1 aliphatic rings. The van der Waals surface area contributed by atoms with Gasteiger partial charge in [-0.05, 0) is 31.5 Å². The molecule has 0 radical (unpaired) electrons. The van der Waals surface area contributed by atoms with Gasteiger partial charge in [-0.2, -0.15) is 0 Å². The maximum Gasteiger partial charge on any atom is 0.0360 e. The second-order valence-corrected chi connectivity index (χ2v) is 4.55. The van der Waals surface area contributed by atoms with Gasteiger partial charge in [-0.3, -0.25) is 4.90 Å². The molecule has 2 rings (SSSR count). The summed E-state index contributed by atoms with van der Waals surface area (Å²) < 4.78 is 0. The third-order valence-corrected chi connectivity index (χ3v) is 3.20. The highest BCUT2D eigenvalue weighted by Gasteiger charge is 2.16. The largest absolute Gasteiger partial charge is 0.299 e. The Morgan fingerprint density at radius 3 is 2.25 bits per heavy atom. The molecule has 1 nitrogen and oxygen atoms in total. The summed E-state index contributed by atoms with van der Waals surface area (Å²) in [6.07, 6.45) is 2.27. The predicted octanol–water partition coefficient (Wildman–Crippen LogP) is 3.92. The quantitative estimate of drug-likeness (QED) is 0.708. The van der Waals surface area contributed by atoms with Crippen molar-refractivity contribution in [1.82, 2.24) is 4.90 Å². The topological polar surface area (TPSA) is 3.24 Å². The lowest BCUT2D eigenvalue weighted by Crippen LogP contribution is -2.33. The molecule has 16 heavy (non-hydrogen) atoms. The Kier molecular flexibility index (Phi) is 6.51. The van der Waals surface area contributed by atoms with Gasteiger partial charge >= 0.3 is 0 Å². The Hall–Kier alpha value is -0.530. The van der Waals surface area contributed by atoms with E-state index in [1.165, 1.54) is 5.56 Å². The van der Waals surface area contributed by atoms with E-state index in [0.717, 1.165) is 32.5 Å². The number of nitrogens with zero attached hydrogens (tertiary/aromatic N) is 1. The standard InChI is InChI=1S/C12H16ClN.C2H6/c13-12-6-8-14(9-7-12)10-11-4-2-1-3-5-11;1-2/h1-5,12H,6-10H2;1-2H3. The van der Waals surface area contributed by atoms with Crippen molar-refractivity contribution in [3.05, 3.63) is 35.9 Å². The molecule has 0 atom stereocenters. The van der Waals surface area contributed by atoms with Crippen molar-refractivity contribution in [2.75, 3.05) is 13.1 Å². The minimum atomic E-state index is 0.405. The highest BCUT2D eigenvalue weighted by atomic mass is 35.5. The Bertz CT molecular complexity index is 265. The third-order valence-electron chi connectivity index (χ3n) is 2.77. The lowest BCUT2D eigenvalue weighted by Gasteiger charge is -2.29. The van der Waals surface area contributed by atoms with Crippen LogP contribution < -0.4 is 0 Å². The molecule has 1 aromatic rings. The maximum absolute atomic E-state index is 6.06. The molecule has 90 valence electrons.